The molecule has 1 saturated heterocycles. The van der Waals surface area contributed by atoms with Gasteiger partial charge in [-0.3, -0.25) is 0 Å². The first kappa shape index (κ1) is 14.0. The van der Waals surface area contributed by atoms with Gasteiger partial charge in [0.05, 0.1) is 5.92 Å². The molecule has 3 atom stereocenters. The van der Waals surface area contributed by atoms with Gasteiger partial charge in [0.25, 0.3) is 5.72 Å². The average Bonchev–Trinajstić information content (AvgIpc) is 2.32. The Labute approximate surface area is 107 Å². The second kappa shape index (κ2) is 4.57. The summed E-state index contributed by atoms with van der Waals surface area (Å²) in [6.07, 6.45) is -3.20. The summed E-state index contributed by atoms with van der Waals surface area (Å²) in [4.78, 5) is 5.09. The minimum Gasteiger partial charge on any atom is -0.362 e. The largest absolute Gasteiger partial charge is 0.438 e. The van der Waals surface area contributed by atoms with E-state index < -0.39 is 24.0 Å². The maximum Gasteiger partial charge on any atom is 0.438 e. The zero-order chi connectivity index (χ0) is 13.6. The number of hydrogen-bond acceptors (Lipinski definition) is 5. The molecule has 0 aromatic rings. The van der Waals surface area contributed by atoms with Gasteiger partial charge >= 0.3 is 6.18 Å². The number of hydrogen-bond donors (Lipinski definition) is 1. The molecule has 3 unspecified atom stereocenters. The van der Waals surface area contributed by atoms with Gasteiger partial charge in [0.15, 0.2) is 5.17 Å². The minimum absolute atomic E-state index is 0.137. The van der Waals surface area contributed by atoms with Gasteiger partial charge in [0, 0.05) is 13.7 Å². The van der Waals surface area contributed by atoms with E-state index in [1.807, 2.05) is 0 Å². The molecule has 104 valence electrons. The van der Waals surface area contributed by atoms with Gasteiger partial charge in [0.1, 0.15) is 6.23 Å². The summed E-state index contributed by atoms with van der Waals surface area (Å²) in [5.74, 6) is -1.08. The minimum atomic E-state index is -4.79. The lowest BCUT2D eigenvalue weighted by atomic mass is 9.86. The Balaban J connectivity index is 2.46. The van der Waals surface area contributed by atoms with Crippen LogP contribution in [0.25, 0.3) is 0 Å². The van der Waals surface area contributed by atoms with E-state index in [-0.39, 0.29) is 11.6 Å². The van der Waals surface area contributed by atoms with Crippen molar-refractivity contribution in [1.82, 2.24) is 4.90 Å². The van der Waals surface area contributed by atoms with Crippen molar-refractivity contribution in [1.29, 1.82) is 0 Å². The van der Waals surface area contributed by atoms with E-state index in [0.29, 0.717) is 13.0 Å². The Morgan fingerprint density at radius 2 is 2.22 bits per heavy atom. The van der Waals surface area contributed by atoms with Crippen molar-refractivity contribution in [3.05, 3.63) is 0 Å². The summed E-state index contributed by atoms with van der Waals surface area (Å²) in [7, 11) is 1.63. The van der Waals surface area contributed by atoms with Crippen LogP contribution in [0.2, 0.25) is 0 Å². The van der Waals surface area contributed by atoms with Gasteiger partial charge in [-0.15, -0.1) is 0 Å². The van der Waals surface area contributed by atoms with Crippen LogP contribution in [0.15, 0.2) is 4.99 Å². The molecule has 0 aromatic heterocycles. The zero-order valence-corrected chi connectivity index (χ0v) is 10.9. The summed E-state index contributed by atoms with van der Waals surface area (Å²) in [6, 6.07) is 0. The molecule has 0 aromatic carbocycles. The van der Waals surface area contributed by atoms with Crippen LogP contribution in [-0.2, 0) is 4.74 Å². The first-order chi connectivity index (χ1) is 8.31. The predicted octanol–water partition coefficient (Wildman–Crippen LogP) is 1.65. The van der Waals surface area contributed by atoms with Gasteiger partial charge in [-0.2, -0.15) is 13.2 Å². The molecule has 0 spiro atoms. The molecule has 0 bridgehead atoms. The number of amidine groups is 1. The van der Waals surface area contributed by atoms with Crippen LogP contribution < -0.4 is 0 Å². The van der Waals surface area contributed by atoms with E-state index in [2.05, 4.69) is 4.99 Å². The smallest absolute Gasteiger partial charge is 0.362 e. The molecule has 0 aliphatic carbocycles. The van der Waals surface area contributed by atoms with Crippen LogP contribution in [0.1, 0.15) is 12.8 Å². The fourth-order valence-corrected chi connectivity index (χ4v) is 3.05. The van der Waals surface area contributed by atoms with Gasteiger partial charge in [0.2, 0.25) is 0 Å². The Morgan fingerprint density at radius 1 is 1.56 bits per heavy atom. The molecular weight excluding hydrogens is 269 g/mol. The predicted molar refractivity (Wildman–Crippen MR) is 62.2 cm³/mol. The first-order valence-electron chi connectivity index (χ1n) is 5.58. The molecule has 0 amide bonds. The third-order valence-corrected chi connectivity index (χ3v) is 4.10. The average molecular weight is 284 g/mol. The Kier molecular flexibility index (Phi) is 3.54. The fourth-order valence-electron chi connectivity index (χ4n) is 2.43. The number of ether oxygens (including phenoxy) is 1. The highest BCUT2D eigenvalue weighted by Crippen LogP contribution is 2.46. The lowest BCUT2D eigenvalue weighted by Crippen LogP contribution is -2.63. The standard InChI is InChI=1S/C10H15F3N2O2S/c1-15-7-6(4-3-5-17-7)9(16,10(11,12)13)14-8(15)18-2/h6-7,16H,3-5H2,1-2H3. The van der Waals surface area contributed by atoms with Crippen molar-refractivity contribution in [3.63, 3.8) is 0 Å². The molecule has 1 N–H and O–H groups in total. The van der Waals surface area contributed by atoms with Gasteiger partial charge in [-0.25, -0.2) is 4.99 Å². The van der Waals surface area contributed by atoms with Crippen molar-refractivity contribution < 1.29 is 23.0 Å². The zero-order valence-electron chi connectivity index (χ0n) is 10.1. The van der Waals surface area contributed by atoms with E-state index >= 15 is 0 Å². The Hall–Kier alpha value is -0.470. The molecule has 0 saturated carbocycles. The number of aliphatic imine (C=N–C) groups is 1. The third-order valence-electron chi connectivity index (χ3n) is 3.36. The number of aliphatic hydroxyl groups is 1. The summed E-state index contributed by atoms with van der Waals surface area (Å²) in [6.45, 7) is 0.404. The number of rotatable bonds is 0. The second-order valence-corrected chi connectivity index (χ2v) is 5.22. The lowest BCUT2D eigenvalue weighted by Gasteiger charge is -2.48. The van der Waals surface area contributed by atoms with Gasteiger partial charge < -0.3 is 14.7 Å². The van der Waals surface area contributed by atoms with Crippen molar-refractivity contribution in [3.8, 4) is 0 Å². The maximum atomic E-state index is 13.1. The fraction of sp³-hybridized carbons (Fsp3) is 0.900. The summed E-state index contributed by atoms with van der Waals surface area (Å²) in [5, 5.41) is 10.1. The van der Waals surface area contributed by atoms with Gasteiger partial charge in [-0.05, 0) is 19.1 Å². The number of thioether (sulfide) groups is 1. The quantitative estimate of drug-likeness (QED) is 0.735. The van der Waals surface area contributed by atoms with Crippen LogP contribution in [0.5, 0.6) is 0 Å². The first-order valence-corrected chi connectivity index (χ1v) is 6.81. The topological polar surface area (TPSA) is 45.1 Å². The van der Waals surface area contributed by atoms with Crippen molar-refractivity contribution >= 4 is 16.9 Å². The molecule has 4 nitrogen and oxygen atoms in total. The summed E-state index contributed by atoms with van der Waals surface area (Å²) >= 11 is 1.06. The number of nitrogens with zero attached hydrogens (tertiary/aromatic N) is 2. The SMILES string of the molecule is CSC1=NC(O)(C(F)(F)F)C2CCCOC2N1C. The van der Waals surface area contributed by atoms with Crippen molar-refractivity contribution in [2.45, 2.75) is 31.0 Å². The number of fused-ring (bicyclic) bond motifs is 1. The molecule has 1 fully saturated rings. The summed E-state index contributed by atoms with van der Waals surface area (Å²) < 4.78 is 44.7. The summed E-state index contributed by atoms with van der Waals surface area (Å²) in [5.41, 5.74) is -3.04. The monoisotopic (exact) mass is 284 g/mol. The van der Waals surface area contributed by atoms with Crippen LogP contribution >= 0.6 is 11.8 Å². The number of halogens is 3. The van der Waals surface area contributed by atoms with E-state index in [1.165, 1.54) is 0 Å². The van der Waals surface area contributed by atoms with Crippen molar-refractivity contribution in [2.24, 2.45) is 10.9 Å². The molecule has 8 heteroatoms. The molecule has 2 aliphatic rings. The van der Waals surface area contributed by atoms with Crippen LogP contribution in [0.3, 0.4) is 0 Å². The molecule has 2 heterocycles. The van der Waals surface area contributed by atoms with Crippen LogP contribution in [0, 0.1) is 5.92 Å². The molecule has 0 radical (unpaired) electrons. The van der Waals surface area contributed by atoms with E-state index in [4.69, 9.17) is 4.74 Å². The second-order valence-electron chi connectivity index (χ2n) is 4.44. The van der Waals surface area contributed by atoms with Crippen LogP contribution in [-0.4, -0.2) is 53.2 Å². The molecule has 2 rings (SSSR count). The highest BCUT2D eigenvalue weighted by molar-refractivity contribution is 8.13. The lowest BCUT2D eigenvalue weighted by molar-refractivity contribution is -0.305. The molecular formula is C10H15F3N2O2S. The Bertz CT molecular complexity index is 364. The van der Waals surface area contributed by atoms with E-state index in [9.17, 15) is 18.3 Å². The van der Waals surface area contributed by atoms with Gasteiger partial charge in [-0.1, -0.05) is 11.8 Å². The molecule has 2 aliphatic heterocycles. The van der Waals surface area contributed by atoms with E-state index in [1.54, 1.807) is 18.2 Å². The Morgan fingerprint density at radius 3 is 2.78 bits per heavy atom. The highest BCUT2D eigenvalue weighted by Gasteiger charge is 2.64. The number of alkyl halides is 3. The van der Waals surface area contributed by atoms with E-state index in [0.717, 1.165) is 11.8 Å². The maximum absolute atomic E-state index is 13.1. The normalized spacial score (nSPS) is 37.2. The van der Waals surface area contributed by atoms with Crippen molar-refractivity contribution in [2.75, 3.05) is 19.9 Å². The third kappa shape index (κ3) is 2.00. The highest BCUT2D eigenvalue weighted by atomic mass is 32.2. The van der Waals surface area contributed by atoms with Crippen LogP contribution in [0.4, 0.5) is 13.2 Å². The molecule has 18 heavy (non-hydrogen) atoms.